The SMILES string of the molecule is CCC(C)C1NCN(CCC2CCCC(C)C2)C1=O. The summed E-state index contributed by atoms with van der Waals surface area (Å²) in [4.78, 5) is 14.3. The fourth-order valence-corrected chi connectivity index (χ4v) is 3.60. The Kier molecular flexibility index (Phi) is 5.26. The van der Waals surface area contributed by atoms with E-state index in [1.165, 1.54) is 32.1 Å². The monoisotopic (exact) mass is 266 g/mol. The van der Waals surface area contributed by atoms with Crippen LogP contribution >= 0.6 is 0 Å². The van der Waals surface area contributed by atoms with Crippen molar-refractivity contribution in [3.05, 3.63) is 0 Å². The molecule has 2 aliphatic rings. The maximum atomic E-state index is 12.3. The van der Waals surface area contributed by atoms with Crippen LogP contribution in [-0.4, -0.2) is 30.1 Å². The van der Waals surface area contributed by atoms with Gasteiger partial charge in [-0.3, -0.25) is 10.1 Å². The fourth-order valence-electron chi connectivity index (χ4n) is 3.60. The van der Waals surface area contributed by atoms with Gasteiger partial charge in [0.25, 0.3) is 0 Å². The van der Waals surface area contributed by atoms with Crippen LogP contribution in [0.1, 0.15) is 59.3 Å². The van der Waals surface area contributed by atoms with E-state index in [0.29, 0.717) is 11.8 Å². The van der Waals surface area contributed by atoms with Gasteiger partial charge in [-0.1, -0.05) is 46.5 Å². The average molecular weight is 266 g/mol. The van der Waals surface area contributed by atoms with Gasteiger partial charge in [0.2, 0.25) is 5.91 Å². The molecule has 1 aliphatic carbocycles. The van der Waals surface area contributed by atoms with Gasteiger partial charge < -0.3 is 4.90 Å². The number of carbonyl (C=O) groups excluding carboxylic acids is 1. The lowest BCUT2D eigenvalue weighted by atomic mass is 9.81. The molecular weight excluding hydrogens is 236 g/mol. The zero-order chi connectivity index (χ0) is 13.8. The quantitative estimate of drug-likeness (QED) is 0.829. The van der Waals surface area contributed by atoms with E-state index in [-0.39, 0.29) is 6.04 Å². The highest BCUT2D eigenvalue weighted by atomic mass is 16.2. The van der Waals surface area contributed by atoms with Crippen molar-refractivity contribution >= 4 is 5.91 Å². The van der Waals surface area contributed by atoms with E-state index in [2.05, 4.69) is 26.1 Å². The van der Waals surface area contributed by atoms with Crippen LogP contribution in [0.25, 0.3) is 0 Å². The lowest BCUT2D eigenvalue weighted by Gasteiger charge is -2.28. The number of rotatable bonds is 5. The van der Waals surface area contributed by atoms with Gasteiger partial charge in [-0.05, 0) is 30.6 Å². The Morgan fingerprint density at radius 2 is 2.21 bits per heavy atom. The molecule has 1 heterocycles. The van der Waals surface area contributed by atoms with Gasteiger partial charge in [-0.2, -0.15) is 0 Å². The van der Waals surface area contributed by atoms with E-state index in [9.17, 15) is 4.79 Å². The fraction of sp³-hybridized carbons (Fsp3) is 0.938. The maximum absolute atomic E-state index is 12.3. The molecule has 0 aromatic rings. The number of amides is 1. The molecule has 2 rings (SSSR count). The van der Waals surface area contributed by atoms with Crippen LogP contribution in [0.15, 0.2) is 0 Å². The van der Waals surface area contributed by atoms with Crippen LogP contribution in [0, 0.1) is 17.8 Å². The molecule has 0 aromatic carbocycles. The molecule has 3 nitrogen and oxygen atoms in total. The topological polar surface area (TPSA) is 32.3 Å². The molecule has 1 aliphatic heterocycles. The Labute approximate surface area is 118 Å². The first-order chi connectivity index (χ1) is 9.11. The van der Waals surface area contributed by atoms with Gasteiger partial charge in [0.15, 0.2) is 0 Å². The summed E-state index contributed by atoms with van der Waals surface area (Å²) in [5.41, 5.74) is 0. The van der Waals surface area contributed by atoms with Crippen LogP contribution < -0.4 is 5.32 Å². The van der Waals surface area contributed by atoms with E-state index in [0.717, 1.165) is 31.5 Å². The largest absolute Gasteiger partial charge is 0.329 e. The first-order valence-electron chi connectivity index (χ1n) is 8.14. The second kappa shape index (κ2) is 6.74. The maximum Gasteiger partial charge on any atom is 0.241 e. The Bertz CT molecular complexity index is 305. The zero-order valence-electron chi connectivity index (χ0n) is 12.8. The minimum Gasteiger partial charge on any atom is -0.329 e. The van der Waals surface area contributed by atoms with Crippen LogP contribution in [0.2, 0.25) is 0 Å². The molecule has 4 atom stereocenters. The van der Waals surface area contributed by atoms with Crippen LogP contribution in [0.3, 0.4) is 0 Å². The Balaban J connectivity index is 1.76. The minimum absolute atomic E-state index is 0.0651. The van der Waals surface area contributed by atoms with Gasteiger partial charge in [-0.25, -0.2) is 0 Å². The predicted octanol–water partition coefficient (Wildman–Crippen LogP) is 3.01. The molecule has 0 spiro atoms. The highest BCUT2D eigenvalue weighted by Crippen LogP contribution is 2.31. The van der Waals surface area contributed by atoms with Gasteiger partial charge in [-0.15, -0.1) is 0 Å². The van der Waals surface area contributed by atoms with Gasteiger partial charge in [0, 0.05) is 6.54 Å². The van der Waals surface area contributed by atoms with Gasteiger partial charge >= 0.3 is 0 Å². The van der Waals surface area contributed by atoms with Gasteiger partial charge in [0.1, 0.15) is 0 Å². The first-order valence-corrected chi connectivity index (χ1v) is 8.14. The minimum atomic E-state index is 0.0651. The standard InChI is InChI=1S/C16H30N2O/c1-4-13(3)15-16(19)18(11-17-15)9-8-14-7-5-6-12(2)10-14/h12-15,17H,4-11H2,1-3H3. The molecule has 0 radical (unpaired) electrons. The summed E-state index contributed by atoms with van der Waals surface area (Å²) in [6.45, 7) is 8.41. The molecule has 1 amide bonds. The van der Waals surface area contributed by atoms with Crippen molar-refractivity contribution in [1.82, 2.24) is 10.2 Å². The van der Waals surface area contributed by atoms with Crippen molar-refractivity contribution < 1.29 is 4.79 Å². The van der Waals surface area contributed by atoms with E-state index >= 15 is 0 Å². The third kappa shape index (κ3) is 3.71. The van der Waals surface area contributed by atoms with Crippen molar-refractivity contribution in [3.63, 3.8) is 0 Å². The third-order valence-electron chi connectivity index (χ3n) is 5.15. The lowest BCUT2D eigenvalue weighted by Crippen LogP contribution is -2.36. The molecular formula is C16H30N2O. The summed E-state index contributed by atoms with van der Waals surface area (Å²) in [6.07, 6.45) is 7.78. The Morgan fingerprint density at radius 1 is 1.42 bits per heavy atom. The summed E-state index contributed by atoms with van der Waals surface area (Å²) in [5.74, 6) is 2.52. The highest BCUT2D eigenvalue weighted by molar-refractivity contribution is 5.84. The van der Waals surface area contributed by atoms with E-state index in [4.69, 9.17) is 0 Å². The summed E-state index contributed by atoms with van der Waals surface area (Å²) in [7, 11) is 0. The van der Waals surface area contributed by atoms with Crippen molar-refractivity contribution in [2.75, 3.05) is 13.2 Å². The number of hydrogen-bond acceptors (Lipinski definition) is 2. The molecule has 1 saturated carbocycles. The molecule has 0 aromatic heterocycles. The van der Waals surface area contributed by atoms with Gasteiger partial charge in [0.05, 0.1) is 12.7 Å². The van der Waals surface area contributed by atoms with E-state index < -0.39 is 0 Å². The summed E-state index contributed by atoms with van der Waals surface area (Å²) in [5, 5.41) is 3.38. The molecule has 1 N–H and O–H groups in total. The van der Waals surface area contributed by atoms with Crippen molar-refractivity contribution in [2.24, 2.45) is 17.8 Å². The van der Waals surface area contributed by atoms with E-state index in [1.54, 1.807) is 0 Å². The second-order valence-electron chi connectivity index (χ2n) is 6.75. The molecule has 110 valence electrons. The Hall–Kier alpha value is -0.570. The van der Waals surface area contributed by atoms with E-state index in [1.807, 2.05) is 4.90 Å². The van der Waals surface area contributed by atoms with Crippen LogP contribution in [0.5, 0.6) is 0 Å². The predicted molar refractivity (Wildman–Crippen MR) is 78.7 cm³/mol. The number of nitrogens with one attached hydrogen (secondary N) is 1. The summed E-state index contributed by atoms with van der Waals surface area (Å²) < 4.78 is 0. The normalized spacial score (nSPS) is 33.7. The van der Waals surface area contributed by atoms with Crippen molar-refractivity contribution in [2.45, 2.75) is 65.3 Å². The molecule has 19 heavy (non-hydrogen) atoms. The molecule has 3 heteroatoms. The molecule has 0 bridgehead atoms. The van der Waals surface area contributed by atoms with Crippen LogP contribution in [-0.2, 0) is 4.79 Å². The molecule has 1 saturated heterocycles. The van der Waals surface area contributed by atoms with Crippen LogP contribution in [0.4, 0.5) is 0 Å². The second-order valence-corrected chi connectivity index (χ2v) is 6.75. The molecule has 2 fully saturated rings. The zero-order valence-corrected chi connectivity index (χ0v) is 12.8. The summed E-state index contributed by atoms with van der Waals surface area (Å²) >= 11 is 0. The number of nitrogens with zero attached hydrogens (tertiary/aromatic N) is 1. The average Bonchev–Trinajstić information content (AvgIpc) is 2.77. The number of carbonyl (C=O) groups is 1. The first kappa shape index (κ1) is 14.8. The summed E-state index contributed by atoms with van der Waals surface area (Å²) in [6, 6.07) is 0.0651. The smallest absolute Gasteiger partial charge is 0.241 e. The highest BCUT2D eigenvalue weighted by Gasteiger charge is 2.34. The Morgan fingerprint density at radius 3 is 2.89 bits per heavy atom. The van der Waals surface area contributed by atoms with Crippen molar-refractivity contribution in [3.8, 4) is 0 Å². The molecule has 4 unspecified atom stereocenters. The third-order valence-corrected chi connectivity index (χ3v) is 5.15. The lowest BCUT2D eigenvalue weighted by molar-refractivity contribution is -0.130. The van der Waals surface area contributed by atoms with Crippen molar-refractivity contribution in [1.29, 1.82) is 0 Å². The number of hydrogen-bond donors (Lipinski definition) is 1.